The van der Waals surface area contributed by atoms with Gasteiger partial charge in [0.2, 0.25) is 0 Å². The van der Waals surface area contributed by atoms with Crippen LogP contribution in [0.3, 0.4) is 0 Å². The van der Waals surface area contributed by atoms with Crippen LogP contribution in [0.1, 0.15) is 16.1 Å². The van der Waals surface area contributed by atoms with E-state index < -0.39 is 5.97 Å². The standard InChI is InChI=1S/C13H12N2O3/c16-12-5-1-4-11(13(17)18)15(12)8-6-10-3-2-7-14-9-10/h1-5,7,9H,6,8H2,(H,17,18). The van der Waals surface area contributed by atoms with Crippen LogP contribution in [0.2, 0.25) is 0 Å². The molecule has 0 fully saturated rings. The topological polar surface area (TPSA) is 72.2 Å². The molecular formula is C13H12N2O3. The zero-order valence-corrected chi connectivity index (χ0v) is 9.61. The molecule has 5 heteroatoms. The molecule has 2 heterocycles. The van der Waals surface area contributed by atoms with E-state index in [1.165, 1.54) is 22.8 Å². The summed E-state index contributed by atoms with van der Waals surface area (Å²) in [6, 6.07) is 7.93. The summed E-state index contributed by atoms with van der Waals surface area (Å²) < 4.78 is 1.26. The maximum atomic E-state index is 11.6. The van der Waals surface area contributed by atoms with Gasteiger partial charge in [-0.1, -0.05) is 12.1 Å². The highest BCUT2D eigenvalue weighted by atomic mass is 16.4. The lowest BCUT2D eigenvalue weighted by Crippen LogP contribution is -2.25. The molecule has 0 unspecified atom stereocenters. The summed E-state index contributed by atoms with van der Waals surface area (Å²) in [6.07, 6.45) is 3.94. The third kappa shape index (κ3) is 2.63. The summed E-state index contributed by atoms with van der Waals surface area (Å²) >= 11 is 0. The van der Waals surface area contributed by atoms with Crippen molar-refractivity contribution in [1.29, 1.82) is 0 Å². The molecule has 0 amide bonds. The normalized spacial score (nSPS) is 10.2. The number of aromatic carboxylic acids is 1. The molecule has 0 radical (unpaired) electrons. The van der Waals surface area contributed by atoms with Gasteiger partial charge in [-0.2, -0.15) is 0 Å². The van der Waals surface area contributed by atoms with E-state index in [9.17, 15) is 9.59 Å². The Bertz CT molecular complexity index is 605. The zero-order valence-electron chi connectivity index (χ0n) is 9.61. The molecule has 0 aliphatic rings. The summed E-state index contributed by atoms with van der Waals surface area (Å²) in [5, 5.41) is 9.02. The Hall–Kier alpha value is -2.43. The summed E-state index contributed by atoms with van der Waals surface area (Å²) in [6.45, 7) is 0.326. The molecule has 5 nitrogen and oxygen atoms in total. The average Bonchev–Trinajstić information content (AvgIpc) is 2.38. The van der Waals surface area contributed by atoms with E-state index in [0.29, 0.717) is 13.0 Å². The van der Waals surface area contributed by atoms with Gasteiger partial charge >= 0.3 is 5.97 Å². The average molecular weight is 244 g/mol. The van der Waals surface area contributed by atoms with Crippen molar-refractivity contribution in [2.45, 2.75) is 13.0 Å². The number of hydrogen-bond donors (Lipinski definition) is 1. The van der Waals surface area contributed by atoms with Crippen molar-refractivity contribution in [2.24, 2.45) is 0 Å². The van der Waals surface area contributed by atoms with Gasteiger partial charge in [0.25, 0.3) is 5.56 Å². The molecule has 0 aliphatic heterocycles. The lowest BCUT2D eigenvalue weighted by atomic mass is 10.2. The molecule has 0 bridgehead atoms. The maximum absolute atomic E-state index is 11.6. The number of nitrogens with zero attached hydrogens (tertiary/aromatic N) is 2. The minimum atomic E-state index is -1.10. The van der Waals surface area contributed by atoms with E-state index in [0.717, 1.165) is 5.56 Å². The molecular weight excluding hydrogens is 232 g/mol. The summed E-state index contributed by atoms with van der Waals surface area (Å²) in [4.78, 5) is 26.6. The number of hydrogen-bond acceptors (Lipinski definition) is 3. The van der Waals surface area contributed by atoms with Crippen LogP contribution in [0.25, 0.3) is 0 Å². The Labute approximate surface area is 103 Å². The van der Waals surface area contributed by atoms with Crippen LogP contribution in [-0.4, -0.2) is 20.6 Å². The van der Waals surface area contributed by atoms with E-state index in [-0.39, 0.29) is 11.3 Å². The zero-order chi connectivity index (χ0) is 13.0. The van der Waals surface area contributed by atoms with Crippen molar-refractivity contribution in [3.63, 3.8) is 0 Å². The van der Waals surface area contributed by atoms with Crippen LogP contribution in [-0.2, 0) is 13.0 Å². The molecule has 2 aromatic rings. The Balaban J connectivity index is 2.24. The van der Waals surface area contributed by atoms with Crippen LogP contribution < -0.4 is 5.56 Å². The molecule has 1 N–H and O–H groups in total. The lowest BCUT2D eigenvalue weighted by molar-refractivity contribution is 0.0683. The monoisotopic (exact) mass is 244 g/mol. The van der Waals surface area contributed by atoms with E-state index in [4.69, 9.17) is 5.11 Å². The van der Waals surface area contributed by atoms with Crippen molar-refractivity contribution < 1.29 is 9.90 Å². The molecule has 0 aliphatic carbocycles. The Morgan fingerprint density at radius 2 is 2.11 bits per heavy atom. The second-order valence-corrected chi connectivity index (χ2v) is 3.82. The molecule has 18 heavy (non-hydrogen) atoms. The van der Waals surface area contributed by atoms with Crippen LogP contribution in [0.4, 0.5) is 0 Å². The first kappa shape index (κ1) is 12.0. The second-order valence-electron chi connectivity index (χ2n) is 3.82. The van der Waals surface area contributed by atoms with Crippen LogP contribution in [0, 0.1) is 0 Å². The smallest absolute Gasteiger partial charge is 0.352 e. The van der Waals surface area contributed by atoms with Gasteiger partial charge in [-0.15, -0.1) is 0 Å². The molecule has 0 saturated carbocycles. The van der Waals surface area contributed by atoms with Gasteiger partial charge in [0.15, 0.2) is 0 Å². The lowest BCUT2D eigenvalue weighted by Gasteiger charge is -2.08. The van der Waals surface area contributed by atoms with Crippen LogP contribution >= 0.6 is 0 Å². The van der Waals surface area contributed by atoms with Gasteiger partial charge in [0.05, 0.1) is 0 Å². The number of carboxylic acid groups (broad SMARTS) is 1. The third-order valence-electron chi connectivity index (χ3n) is 2.62. The van der Waals surface area contributed by atoms with Gasteiger partial charge in [-0.05, 0) is 24.1 Å². The van der Waals surface area contributed by atoms with Gasteiger partial charge in [0.1, 0.15) is 5.69 Å². The molecule has 2 rings (SSSR count). The highest BCUT2D eigenvalue weighted by Gasteiger charge is 2.09. The summed E-state index contributed by atoms with van der Waals surface area (Å²) in [5.41, 5.74) is 0.662. The minimum absolute atomic E-state index is 0.00592. The number of carboxylic acids is 1. The maximum Gasteiger partial charge on any atom is 0.352 e. The number of aryl methyl sites for hydroxylation is 1. The molecule has 0 aromatic carbocycles. The number of pyridine rings is 2. The van der Waals surface area contributed by atoms with E-state index in [1.807, 2.05) is 6.07 Å². The van der Waals surface area contributed by atoms with Gasteiger partial charge in [0, 0.05) is 25.0 Å². The van der Waals surface area contributed by atoms with Crippen molar-refractivity contribution in [3.8, 4) is 0 Å². The van der Waals surface area contributed by atoms with Crippen LogP contribution in [0.5, 0.6) is 0 Å². The van der Waals surface area contributed by atoms with E-state index in [2.05, 4.69) is 4.98 Å². The van der Waals surface area contributed by atoms with Crippen molar-refractivity contribution in [1.82, 2.24) is 9.55 Å². The molecule has 92 valence electrons. The summed E-state index contributed by atoms with van der Waals surface area (Å²) in [5.74, 6) is -1.10. The SMILES string of the molecule is O=C(O)c1cccc(=O)n1CCc1cccnc1. The van der Waals surface area contributed by atoms with Crippen molar-refractivity contribution in [3.05, 3.63) is 64.3 Å². The first-order valence-electron chi connectivity index (χ1n) is 5.50. The second kappa shape index (κ2) is 5.27. The highest BCUT2D eigenvalue weighted by Crippen LogP contribution is 2.02. The Morgan fingerprint density at radius 1 is 1.28 bits per heavy atom. The number of aromatic nitrogens is 2. The van der Waals surface area contributed by atoms with Gasteiger partial charge in [-0.25, -0.2) is 4.79 Å². The molecule has 0 saturated heterocycles. The van der Waals surface area contributed by atoms with Gasteiger partial charge in [-0.3, -0.25) is 9.78 Å². The van der Waals surface area contributed by atoms with E-state index in [1.54, 1.807) is 18.5 Å². The third-order valence-corrected chi connectivity index (χ3v) is 2.62. The molecule has 2 aromatic heterocycles. The van der Waals surface area contributed by atoms with Crippen molar-refractivity contribution in [2.75, 3.05) is 0 Å². The first-order valence-corrected chi connectivity index (χ1v) is 5.50. The van der Waals surface area contributed by atoms with E-state index >= 15 is 0 Å². The highest BCUT2D eigenvalue weighted by molar-refractivity contribution is 5.85. The molecule has 0 atom stereocenters. The predicted molar refractivity (Wildman–Crippen MR) is 65.6 cm³/mol. The fraction of sp³-hybridized carbons (Fsp3) is 0.154. The number of carbonyl (C=O) groups is 1. The Morgan fingerprint density at radius 3 is 2.78 bits per heavy atom. The van der Waals surface area contributed by atoms with Gasteiger partial charge < -0.3 is 9.67 Å². The fourth-order valence-electron chi connectivity index (χ4n) is 1.72. The first-order chi connectivity index (χ1) is 8.68. The summed E-state index contributed by atoms with van der Waals surface area (Å²) in [7, 11) is 0. The quantitative estimate of drug-likeness (QED) is 0.876. The number of rotatable bonds is 4. The fourth-order valence-corrected chi connectivity index (χ4v) is 1.72. The minimum Gasteiger partial charge on any atom is -0.477 e. The Kier molecular flexibility index (Phi) is 3.52. The predicted octanol–water partition coefficient (Wildman–Crippen LogP) is 1.18. The van der Waals surface area contributed by atoms with Crippen molar-refractivity contribution >= 4 is 5.97 Å². The largest absolute Gasteiger partial charge is 0.477 e. The van der Waals surface area contributed by atoms with Crippen LogP contribution in [0.15, 0.2) is 47.5 Å². The molecule has 0 spiro atoms.